The number of carbonyl (C=O) groups is 1. The molecule has 0 unspecified atom stereocenters. The molecule has 1 amide bonds. The van der Waals surface area contributed by atoms with Crippen molar-refractivity contribution < 1.29 is 4.79 Å². The van der Waals surface area contributed by atoms with Crippen LogP contribution in [0.1, 0.15) is 33.1 Å². The summed E-state index contributed by atoms with van der Waals surface area (Å²) in [5, 5.41) is 0. The van der Waals surface area contributed by atoms with Crippen LogP contribution in [0, 0.1) is 0 Å². The maximum absolute atomic E-state index is 11.7. The fourth-order valence-corrected chi connectivity index (χ4v) is 1.39. The standard InChI is InChI=1S/C9H18N2O/c1-3-9(10,4-2)8(12)11-6-5-7-11/h3-7,10H2,1-2H3. The average Bonchev–Trinajstić information content (AvgIpc) is 2.00. The summed E-state index contributed by atoms with van der Waals surface area (Å²) in [5.41, 5.74) is 5.36. The third-order valence-electron chi connectivity index (χ3n) is 2.83. The highest BCUT2D eigenvalue weighted by Gasteiger charge is 2.35. The molecule has 12 heavy (non-hydrogen) atoms. The molecule has 0 aromatic carbocycles. The lowest BCUT2D eigenvalue weighted by Gasteiger charge is -2.38. The number of hydrogen-bond donors (Lipinski definition) is 1. The first-order valence-electron chi connectivity index (χ1n) is 4.72. The van der Waals surface area contributed by atoms with Crippen LogP contribution in [0.3, 0.4) is 0 Å². The van der Waals surface area contributed by atoms with E-state index >= 15 is 0 Å². The predicted octanol–water partition coefficient (Wildman–Crippen LogP) is 0.736. The number of nitrogens with two attached hydrogens (primary N) is 1. The van der Waals surface area contributed by atoms with Crippen LogP contribution >= 0.6 is 0 Å². The zero-order valence-corrected chi connectivity index (χ0v) is 7.97. The lowest BCUT2D eigenvalue weighted by molar-refractivity contribution is -0.140. The first kappa shape index (κ1) is 9.52. The van der Waals surface area contributed by atoms with E-state index in [1.54, 1.807) is 0 Å². The minimum atomic E-state index is -0.597. The van der Waals surface area contributed by atoms with Gasteiger partial charge in [0.15, 0.2) is 0 Å². The minimum Gasteiger partial charge on any atom is -0.341 e. The van der Waals surface area contributed by atoms with Gasteiger partial charge in [-0.1, -0.05) is 13.8 Å². The van der Waals surface area contributed by atoms with Gasteiger partial charge in [-0.05, 0) is 19.3 Å². The normalized spacial score (nSPS) is 17.4. The number of likely N-dealkylation sites (tertiary alicyclic amines) is 1. The average molecular weight is 170 g/mol. The van der Waals surface area contributed by atoms with Crippen molar-refractivity contribution >= 4 is 5.91 Å². The Kier molecular flexibility index (Phi) is 2.73. The van der Waals surface area contributed by atoms with Crippen molar-refractivity contribution in [3.8, 4) is 0 Å². The van der Waals surface area contributed by atoms with Crippen molar-refractivity contribution in [3.63, 3.8) is 0 Å². The van der Waals surface area contributed by atoms with Crippen LogP contribution in [-0.2, 0) is 4.79 Å². The third-order valence-corrected chi connectivity index (χ3v) is 2.83. The van der Waals surface area contributed by atoms with Gasteiger partial charge in [0.2, 0.25) is 5.91 Å². The van der Waals surface area contributed by atoms with Gasteiger partial charge in [0.1, 0.15) is 0 Å². The summed E-state index contributed by atoms with van der Waals surface area (Å²) in [6.07, 6.45) is 2.60. The van der Waals surface area contributed by atoms with Crippen molar-refractivity contribution in [2.24, 2.45) is 5.73 Å². The van der Waals surface area contributed by atoms with Crippen LogP contribution in [0.2, 0.25) is 0 Å². The molecule has 1 fully saturated rings. The van der Waals surface area contributed by atoms with Crippen LogP contribution in [-0.4, -0.2) is 29.4 Å². The molecule has 3 nitrogen and oxygen atoms in total. The summed E-state index contributed by atoms with van der Waals surface area (Å²) in [5.74, 6) is 0.138. The fourth-order valence-electron chi connectivity index (χ4n) is 1.39. The SMILES string of the molecule is CCC(N)(CC)C(=O)N1CCC1. The largest absolute Gasteiger partial charge is 0.341 e. The quantitative estimate of drug-likeness (QED) is 0.679. The molecule has 0 aromatic heterocycles. The molecular weight excluding hydrogens is 152 g/mol. The van der Waals surface area contributed by atoms with E-state index in [1.807, 2.05) is 18.7 Å². The van der Waals surface area contributed by atoms with Gasteiger partial charge < -0.3 is 10.6 Å². The van der Waals surface area contributed by atoms with Gasteiger partial charge >= 0.3 is 0 Å². The van der Waals surface area contributed by atoms with Gasteiger partial charge in [-0.15, -0.1) is 0 Å². The molecular formula is C9H18N2O. The second-order valence-electron chi connectivity index (χ2n) is 3.51. The zero-order chi connectivity index (χ0) is 9.19. The number of carbonyl (C=O) groups excluding carboxylic acids is 1. The zero-order valence-electron chi connectivity index (χ0n) is 7.97. The number of rotatable bonds is 3. The highest BCUT2D eigenvalue weighted by Crippen LogP contribution is 2.18. The summed E-state index contributed by atoms with van der Waals surface area (Å²) >= 11 is 0. The molecule has 1 aliphatic heterocycles. The molecule has 0 radical (unpaired) electrons. The molecule has 0 saturated carbocycles. The summed E-state index contributed by atoms with van der Waals surface area (Å²) in [7, 11) is 0. The Bertz CT molecular complexity index is 171. The Hall–Kier alpha value is -0.570. The monoisotopic (exact) mass is 170 g/mol. The molecule has 3 heteroatoms. The van der Waals surface area contributed by atoms with Crippen molar-refractivity contribution in [1.29, 1.82) is 0 Å². The van der Waals surface area contributed by atoms with Crippen LogP contribution in [0.25, 0.3) is 0 Å². The summed E-state index contributed by atoms with van der Waals surface area (Å²) in [6, 6.07) is 0. The van der Waals surface area contributed by atoms with E-state index < -0.39 is 5.54 Å². The molecule has 0 spiro atoms. The Balaban J connectivity index is 2.58. The molecule has 2 N–H and O–H groups in total. The first-order chi connectivity index (χ1) is 5.64. The van der Waals surface area contributed by atoms with E-state index in [1.165, 1.54) is 0 Å². The smallest absolute Gasteiger partial charge is 0.242 e. The number of amides is 1. The van der Waals surface area contributed by atoms with Crippen molar-refractivity contribution in [1.82, 2.24) is 4.90 Å². The minimum absolute atomic E-state index is 0.138. The van der Waals surface area contributed by atoms with E-state index in [0.29, 0.717) is 0 Å². The predicted molar refractivity (Wildman–Crippen MR) is 48.7 cm³/mol. The van der Waals surface area contributed by atoms with Crippen molar-refractivity contribution in [2.45, 2.75) is 38.6 Å². The van der Waals surface area contributed by atoms with Crippen LogP contribution in [0.4, 0.5) is 0 Å². The van der Waals surface area contributed by atoms with Crippen LogP contribution in [0.5, 0.6) is 0 Å². The molecule has 0 bridgehead atoms. The molecule has 0 atom stereocenters. The van der Waals surface area contributed by atoms with Crippen LogP contribution in [0.15, 0.2) is 0 Å². The lowest BCUT2D eigenvalue weighted by atomic mass is 9.91. The third kappa shape index (κ3) is 1.46. The highest BCUT2D eigenvalue weighted by atomic mass is 16.2. The molecule has 1 heterocycles. The summed E-state index contributed by atoms with van der Waals surface area (Å²) in [4.78, 5) is 13.6. The van der Waals surface area contributed by atoms with Crippen LogP contribution < -0.4 is 5.73 Å². The molecule has 0 aromatic rings. The number of nitrogens with zero attached hydrogens (tertiary/aromatic N) is 1. The molecule has 1 saturated heterocycles. The van der Waals surface area contributed by atoms with Gasteiger partial charge in [0, 0.05) is 13.1 Å². The fraction of sp³-hybridized carbons (Fsp3) is 0.889. The second-order valence-corrected chi connectivity index (χ2v) is 3.51. The van der Waals surface area contributed by atoms with E-state index in [2.05, 4.69) is 0 Å². The Morgan fingerprint density at radius 2 is 1.92 bits per heavy atom. The van der Waals surface area contributed by atoms with E-state index in [4.69, 9.17) is 5.73 Å². The molecule has 0 aliphatic carbocycles. The Morgan fingerprint density at radius 3 is 2.17 bits per heavy atom. The maximum Gasteiger partial charge on any atom is 0.242 e. The van der Waals surface area contributed by atoms with Gasteiger partial charge in [-0.25, -0.2) is 0 Å². The molecule has 1 rings (SSSR count). The van der Waals surface area contributed by atoms with E-state index in [9.17, 15) is 4.79 Å². The highest BCUT2D eigenvalue weighted by molar-refractivity contribution is 5.86. The maximum atomic E-state index is 11.7. The molecule has 70 valence electrons. The van der Waals surface area contributed by atoms with E-state index in [0.717, 1.165) is 32.4 Å². The molecule has 1 aliphatic rings. The van der Waals surface area contributed by atoms with Gasteiger partial charge in [-0.3, -0.25) is 4.79 Å². The second kappa shape index (κ2) is 3.44. The van der Waals surface area contributed by atoms with E-state index in [-0.39, 0.29) is 5.91 Å². The summed E-state index contributed by atoms with van der Waals surface area (Å²) < 4.78 is 0. The summed E-state index contributed by atoms with van der Waals surface area (Å²) in [6.45, 7) is 5.75. The van der Waals surface area contributed by atoms with Crippen molar-refractivity contribution in [2.75, 3.05) is 13.1 Å². The van der Waals surface area contributed by atoms with Gasteiger partial charge in [-0.2, -0.15) is 0 Å². The Labute approximate surface area is 73.9 Å². The number of hydrogen-bond acceptors (Lipinski definition) is 2. The van der Waals surface area contributed by atoms with Gasteiger partial charge in [0.25, 0.3) is 0 Å². The lowest BCUT2D eigenvalue weighted by Crippen LogP contribution is -2.58. The first-order valence-corrected chi connectivity index (χ1v) is 4.72. The van der Waals surface area contributed by atoms with Gasteiger partial charge in [0.05, 0.1) is 5.54 Å². The van der Waals surface area contributed by atoms with Crippen molar-refractivity contribution in [3.05, 3.63) is 0 Å². The topological polar surface area (TPSA) is 46.3 Å². The Morgan fingerprint density at radius 1 is 1.42 bits per heavy atom.